The second-order valence-electron chi connectivity index (χ2n) is 5.97. The van der Waals surface area contributed by atoms with Crippen LogP contribution in [0.25, 0.3) is 0 Å². The molecule has 6 N–H and O–H groups in total. The highest BCUT2D eigenvalue weighted by atomic mass is 16.2. The van der Waals surface area contributed by atoms with Gasteiger partial charge in [0.15, 0.2) is 0 Å². The Kier molecular flexibility index (Phi) is 5.54. The van der Waals surface area contributed by atoms with Crippen molar-refractivity contribution in [1.82, 2.24) is 15.5 Å². The Bertz CT molecular complexity index is 503. The van der Waals surface area contributed by atoms with E-state index in [1.807, 2.05) is 0 Å². The smallest absolute Gasteiger partial charge is 0.243 e. The van der Waals surface area contributed by atoms with Gasteiger partial charge < -0.3 is 27.0 Å². The van der Waals surface area contributed by atoms with Gasteiger partial charge in [0.1, 0.15) is 12.1 Å². The molecule has 0 aromatic heterocycles. The first kappa shape index (κ1) is 17.2. The summed E-state index contributed by atoms with van der Waals surface area (Å²) < 4.78 is 0. The molecule has 2 aliphatic rings. The van der Waals surface area contributed by atoms with Gasteiger partial charge in [0.05, 0.1) is 12.5 Å². The second-order valence-corrected chi connectivity index (χ2v) is 5.97. The number of nitrogens with zero attached hydrogens (tertiary/aromatic N) is 1. The van der Waals surface area contributed by atoms with Crippen molar-refractivity contribution in [2.24, 2.45) is 11.5 Å². The number of hydrogen-bond donors (Lipinski definition) is 4. The first-order valence-corrected chi connectivity index (χ1v) is 7.82. The molecule has 0 radical (unpaired) electrons. The van der Waals surface area contributed by atoms with Crippen LogP contribution in [-0.2, 0) is 19.2 Å². The fraction of sp³-hybridized carbons (Fsp3) is 0.714. The summed E-state index contributed by atoms with van der Waals surface area (Å²) in [5.41, 5.74) is 10.2. The molecule has 0 aromatic rings. The van der Waals surface area contributed by atoms with Crippen LogP contribution in [0.15, 0.2) is 0 Å². The molecule has 2 aliphatic heterocycles. The summed E-state index contributed by atoms with van der Waals surface area (Å²) in [7, 11) is 0. The minimum atomic E-state index is -1.15. The Balaban J connectivity index is 2.00. The monoisotopic (exact) mass is 325 g/mol. The average molecular weight is 325 g/mol. The molecule has 0 spiro atoms. The van der Waals surface area contributed by atoms with E-state index in [2.05, 4.69) is 10.6 Å². The molecule has 0 bridgehead atoms. The molecule has 23 heavy (non-hydrogen) atoms. The maximum Gasteiger partial charge on any atom is 0.243 e. The van der Waals surface area contributed by atoms with E-state index in [1.54, 1.807) is 4.90 Å². The highest BCUT2D eigenvalue weighted by molar-refractivity contribution is 5.94. The van der Waals surface area contributed by atoms with Crippen molar-refractivity contribution in [2.75, 3.05) is 13.1 Å². The van der Waals surface area contributed by atoms with E-state index >= 15 is 0 Å². The van der Waals surface area contributed by atoms with E-state index in [1.165, 1.54) is 0 Å². The molecule has 2 fully saturated rings. The summed E-state index contributed by atoms with van der Waals surface area (Å²) in [6.45, 7) is 1.30. The first-order valence-electron chi connectivity index (χ1n) is 7.82. The molecule has 0 unspecified atom stereocenters. The maximum atomic E-state index is 12.5. The van der Waals surface area contributed by atoms with Gasteiger partial charge in [-0.2, -0.15) is 0 Å². The Hall–Kier alpha value is -2.16. The van der Waals surface area contributed by atoms with Crippen LogP contribution in [0, 0.1) is 0 Å². The number of likely N-dealkylation sites (tertiary alicyclic amines) is 1. The van der Waals surface area contributed by atoms with Crippen LogP contribution < -0.4 is 22.1 Å². The highest BCUT2D eigenvalue weighted by Crippen LogP contribution is 2.21. The molecule has 0 saturated carbocycles. The molecule has 0 aliphatic carbocycles. The van der Waals surface area contributed by atoms with Crippen LogP contribution in [0.1, 0.15) is 32.1 Å². The standard InChI is InChI=1S/C14H23N5O4/c15-11(20)7-9(12(16)21)18-13(22)10-4-2-6-19(10)14(23)8-3-1-5-17-8/h8-10,17H,1-7H2,(H2,15,20)(H2,16,21)(H,18,22)/t8-,9-,10-/m0/s1. The Morgan fingerprint density at radius 2 is 1.91 bits per heavy atom. The van der Waals surface area contributed by atoms with Crippen LogP contribution >= 0.6 is 0 Å². The molecule has 2 heterocycles. The number of carbonyl (C=O) groups excluding carboxylic acids is 4. The molecule has 2 saturated heterocycles. The van der Waals surface area contributed by atoms with E-state index in [-0.39, 0.29) is 18.4 Å². The van der Waals surface area contributed by atoms with Gasteiger partial charge in [-0.05, 0) is 32.2 Å². The van der Waals surface area contributed by atoms with Gasteiger partial charge in [0.25, 0.3) is 0 Å². The fourth-order valence-corrected chi connectivity index (χ4v) is 3.09. The number of nitrogens with one attached hydrogen (secondary N) is 2. The highest BCUT2D eigenvalue weighted by Gasteiger charge is 2.38. The molecule has 2 rings (SSSR count). The predicted octanol–water partition coefficient (Wildman–Crippen LogP) is -2.43. The summed E-state index contributed by atoms with van der Waals surface area (Å²) in [5, 5.41) is 5.56. The molecule has 3 atom stereocenters. The lowest BCUT2D eigenvalue weighted by Gasteiger charge is -2.27. The minimum Gasteiger partial charge on any atom is -0.370 e. The maximum absolute atomic E-state index is 12.5. The van der Waals surface area contributed by atoms with E-state index in [0.29, 0.717) is 19.4 Å². The van der Waals surface area contributed by atoms with Crippen molar-refractivity contribution in [2.45, 2.75) is 50.2 Å². The van der Waals surface area contributed by atoms with Gasteiger partial charge in [-0.1, -0.05) is 0 Å². The van der Waals surface area contributed by atoms with Crippen molar-refractivity contribution in [1.29, 1.82) is 0 Å². The van der Waals surface area contributed by atoms with Gasteiger partial charge in [-0.15, -0.1) is 0 Å². The van der Waals surface area contributed by atoms with Gasteiger partial charge in [0.2, 0.25) is 23.6 Å². The Morgan fingerprint density at radius 1 is 1.17 bits per heavy atom. The largest absolute Gasteiger partial charge is 0.370 e. The first-order chi connectivity index (χ1) is 10.9. The third-order valence-electron chi connectivity index (χ3n) is 4.26. The Morgan fingerprint density at radius 3 is 2.48 bits per heavy atom. The van der Waals surface area contributed by atoms with Crippen LogP contribution in [0.2, 0.25) is 0 Å². The van der Waals surface area contributed by atoms with Crippen molar-refractivity contribution in [3.63, 3.8) is 0 Å². The van der Waals surface area contributed by atoms with E-state index in [0.717, 1.165) is 19.4 Å². The molecule has 4 amide bonds. The van der Waals surface area contributed by atoms with Crippen molar-refractivity contribution in [3.05, 3.63) is 0 Å². The average Bonchev–Trinajstić information content (AvgIpc) is 3.16. The van der Waals surface area contributed by atoms with Gasteiger partial charge >= 0.3 is 0 Å². The summed E-state index contributed by atoms with van der Waals surface area (Å²) in [4.78, 5) is 48.7. The number of primary amides is 2. The lowest BCUT2D eigenvalue weighted by molar-refractivity contribution is -0.140. The molecule has 9 heteroatoms. The third kappa shape index (κ3) is 4.19. The normalized spacial score (nSPS) is 25.1. The SMILES string of the molecule is NC(=O)C[C@H](NC(=O)[C@@H]1CCCN1C(=O)[C@@H]1CCCN1)C(N)=O. The summed E-state index contributed by atoms with van der Waals surface area (Å²) in [6.07, 6.45) is 2.57. The third-order valence-corrected chi connectivity index (χ3v) is 4.26. The molecular weight excluding hydrogens is 302 g/mol. The zero-order chi connectivity index (χ0) is 17.0. The number of hydrogen-bond acceptors (Lipinski definition) is 5. The number of nitrogens with two attached hydrogens (primary N) is 2. The summed E-state index contributed by atoms with van der Waals surface area (Å²) >= 11 is 0. The van der Waals surface area contributed by atoms with Crippen LogP contribution in [0.3, 0.4) is 0 Å². The van der Waals surface area contributed by atoms with Crippen molar-refractivity contribution >= 4 is 23.6 Å². The lowest BCUT2D eigenvalue weighted by atomic mass is 10.1. The molecular formula is C14H23N5O4. The molecule has 9 nitrogen and oxygen atoms in total. The Labute approximate surface area is 134 Å². The number of rotatable bonds is 6. The van der Waals surface area contributed by atoms with Crippen LogP contribution in [-0.4, -0.2) is 59.7 Å². The van der Waals surface area contributed by atoms with E-state index in [4.69, 9.17) is 11.5 Å². The van der Waals surface area contributed by atoms with Gasteiger partial charge in [0, 0.05) is 6.54 Å². The molecule has 0 aromatic carbocycles. The zero-order valence-electron chi connectivity index (χ0n) is 12.9. The van der Waals surface area contributed by atoms with E-state index < -0.39 is 29.8 Å². The van der Waals surface area contributed by atoms with Crippen LogP contribution in [0.5, 0.6) is 0 Å². The fourth-order valence-electron chi connectivity index (χ4n) is 3.09. The minimum absolute atomic E-state index is 0.0920. The second kappa shape index (κ2) is 7.40. The lowest BCUT2D eigenvalue weighted by Crippen LogP contribution is -2.55. The molecule has 128 valence electrons. The van der Waals surface area contributed by atoms with Crippen LogP contribution in [0.4, 0.5) is 0 Å². The number of carbonyl (C=O) groups is 4. The van der Waals surface area contributed by atoms with Gasteiger partial charge in [-0.3, -0.25) is 19.2 Å². The summed E-state index contributed by atoms with van der Waals surface area (Å²) in [6, 6.07) is -2.04. The summed E-state index contributed by atoms with van der Waals surface area (Å²) in [5.74, 6) is -2.13. The van der Waals surface area contributed by atoms with Crippen molar-refractivity contribution in [3.8, 4) is 0 Å². The van der Waals surface area contributed by atoms with Gasteiger partial charge in [-0.25, -0.2) is 0 Å². The van der Waals surface area contributed by atoms with Crippen molar-refractivity contribution < 1.29 is 19.2 Å². The topological polar surface area (TPSA) is 148 Å². The number of amides is 4. The van der Waals surface area contributed by atoms with E-state index in [9.17, 15) is 19.2 Å². The predicted molar refractivity (Wildman–Crippen MR) is 80.7 cm³/mol. The quantitative estimate of drug-likeness (QED) is 0.429. The zero-order valence-corrected chi connectivity index (χ0v) is 12.9.